The minimum Gasteiger partial charge on any atom is -0.334 e. The van der Waals surface area contributed by atoms with Gasteiger partial charge in [-0.3, -0.25) is 5.32 Å². The van der Waals surface area contributed by atoms with Gasteiger partial charge in [-0.05, 0) is 24.8 Å². The lowest BCUT2D eigenvalue weighted by molar-refractivity contribution is 0.251. The molecule has 2 amide bonds. The van der Waals surface area contributed by atoms with Gasteiger partial charge in [-0.1, -0.05) is 30.3 Å². The molecular weight excluding hydrogens is 284 g/mol. The van der Waals surface area contributed by atoms with Crippen molar-refractivity contribution in [3.8, 4) is 0 Å². The van der Waals surface area contributed by atoms with Gasteiger partial charge in [-0.2, -0.15) is 0 Å². The average Bonchev–Trinajstić information content (AvgIpc) is 2.87. The highest BCUT2D eigenvalue weighted by Crippen LogP contribution is 2.29. The molecule has 0 spiro atoms. The topological polar surface area (TPSA) is 80.0 Å². The van der Waals surface area contributed by atoms with Gasteiger partial charge in [-0.25, -0.2) is 9.78 Å². The largest absolute Gasteiger partial charge is 0.334 e. The van der Waals surface area contributed by atoms with Crippen molar-refractivity contribution in [3.05, 3.63) is 46.5 Å². The van der Waals surface area contributed by atoms with E-state index in [4.69, 9.17) is 5.73 Å². The van der Waals surface area contributed by atoms with Crippen molar-refractivity contribution >= 4 is 22.5 Å². The molecule has 1 heterocycles. The maximum absolute atomic E-state index is 11.9. The smallest absolute Gasteiger partial charge is 0.321 e. The minimum atomic E-state index is -0.228. The number of anilines is 1. The van der Waals surface area contributed by atoms with E-state index in [1.807, 2.05) is 30.3 Å². The highest BCUT2D eigenvalue weighted by molar-refractivity contribution is 7.15. The monoisotopic (exact) mass is 302 g/mol. The molecule has 2 aromatic rings. The molecule has 0 saturated carbocycles. The van der Waals surface area contributed by atoms with Crippen LogP contribution in [0.2, 0.25) is 0 Å². The third kappa shape index (κ3) is 3.59. The zero-order chi connectivity index (χ0) is 14.7. The average molecular weight is 302 g/mol. The summed E-state index contributed by atoms with van der Waals surface area (Å²) in [4.78, 5) is 17.6. The Morgan fingerprint density at radius 2 is 2.19 bits per heavy atom. The van der Waals surface area contributed by atoms with Crippen LogP contribution in [-0.4, -0.2) is 17.1 Å². The van der Waals surface area contributed by atoms with Gasteiger partial charge in [0, 0.05) is 17.5 Å². The first kappa shape index (κ1) is 14.0. The van der Waals surface area contributed by atoms with Crippen molar-refractivity contribution in [3.63, 3.8) is 0 Å². The van der Waals surface area contributed by atoms with Crippen LogP contribution in [0.1, 0.15) is 22.6 Å². The second-order valence-corrected chi connectivity index (χ2v) is 6.27. The van der Waals surface area contributed by atoms with Crippen LogP contribution < -0.4 is 16.4 Å². The van der Waals surface area contributed by atoms with E-state index >= 15 is 0 Å². The summed E-state index contributed by atoms with van der Waals surface area (Å²) < 4.78 is 0. The molecular formula is C15H18N4OS. The summed E-state index contributed by atoms with van der Waals surface area (Å²) >= 11 is 1.53. The summed E-state index contributed by atoms with van der Waals surface area (Å²) in [6.07, 6.45) is 2.73. The summed E-state index contributed by atoms with van der Waals surface area (Å²) in [6, 6.07) is 9.80. The van der Waals surface area contributed by atoms with Gasteiger partial charge in [-0.15, -0.1) is 11.3 Å². The van der Waals surface area contributed by atoms with Crippen molar-refractivity contribution < 1.29 is 4.79 Å². The molecule has 4 N–H and O–H groups in total. The maximum atomic E-state index is 11.9. The summed E-state index contributed by atoms with van der Waals surface area (Å²) in [5, 5.41) is 6.28. The molecule has 0 bridgehead atoms. The Hall–Kier alpha value is -1.92. The van der Waals surface area contributed by atoms with Gasteiger partial charge in [0.2, 0.25) is 0 Å². The number of rotatable bonds is 3. The number of benzene rings is 1. The number of nitrogens with two attached hydrogens (primary N) is 1. The van der Waals surface area contributed by atoms with E-state index in [-0.39, 0.29) is 12.1 Å². The standard InChI is InChI=1S/C15H18N4OS/c16-11-6-7-12-13(8-11)21-15(18-12)19-14(20)17-9-10-4-2-1-3-5-10/h1-5,11H,6-9,16H2,(H2,17,18,19,20)/t11-/m0/s1. The fraction of sp³-hybridized carbons (Fsp3) is 0.333. The number of nitrogens with one attached hydrogen (secondary N) is 2. The normalized spacial score (nSPS) is 17.1. The molecule has 0 radical (unpaired) electrons. The molecule has 0 aliphatic heterocycles. The van der Waals surface area contributed by atoms with Crippen LogP contribution in [0.15, 0.2) is 30.3 Å². The van der Waals surface area contributed by atoms with Gasteiger partial charge >= 0.3 is 6.03 Å². The Balaban J connectivity index is 1.55. The van der Waals surface area contributed by atoms with Crippen LogP contribution in [0.3, 0.4) is 0 Å². The maximum Gasteiger partial charge on any atom is 0.321 e. The van der Waals surface area contributed by atoms with Gasteiger partial charge in [0.25, 0.3) is 0 Å². The number of urea groups is 1. The lowest BCUT2D eigenvalue weighted by atomic mass is 9.99. The third-order valence-corrected chi connectivity index (χ3v) is 4.53. The molecule has 6 heteroatoms. The summed E-state index contributed by atoms with van der Waals surface area (Å²) in [5.74, 6) is 0. The lowest BCUT2D eigenvalue weighted by Gasteiger charge is -2.15. The number of hydrogen-bond donors (Lipinski definition) is 3. The zero-order valence-electron chi connectivity index (χ0n) is 11.6. The number of aryl methyl sites for hydroxylation is 1. The minimum absolute atomic E-state index is 0.220. The quantitative estimate of drug-likeness (QED) is 0.813. The molecule has 1 aromatic carbocycles. The van der Waals surface area contributed by atoms with Crippen LogP contribution in [0.4, 0.5) is 9.93 Å². The van der Waals surface area contributed by atoms with Crippen molar-refractivity contribution in [2.45, 2.75) is 31.8 Å². The molecule has 1 aromatic heterocycles. The number of carbonyl (C=O) groups excluding carboxylic acids is 1. The number of fused-ring (bicyclic) bond motifs is 1. The zero-order valence-corrected chi connectivity index (χ0v) is 12.5. The second-order valence-electron chi connectivity index (χ2n) is 5.19. The second kappa shape index (κ2) is 6.24. The van der Waals surface area contributed by atoms with Crippen molar-refractivity contribution in [2.75, 3.05) is 5.32 Å². The Morgan fingerprint density at radius 1 is 1.38 bits per heavy atom. The first-order valence-corrected chi connectivity index (χ1v) is 7.85. The van der Waals surface area contributed by atoms with Crippen LogP contribution in [-0.2, 0) is 19.4 Å². The van der Waals surface area contributed by atoms with Crippen LogP contribution in [0, 0.1) is 0 Å². The van der Waals surface area contributed by atoms with E-state index in [2.05, 4.69) is 15.6 Å². The van der Waals surface area contributed by atoms with Gasteiger partial charge < -0.3 is 11.1 Å². The van der Waals surface area contributed by atoms with E-state index in [9.17, 15) is 4.79 Å². The van der Waals surface area contributed by atoms with E-state index in [1.54, 1.807) is 0 Å². The van der Waals surface area contributed by atoms with E-state index in [1.165, 1.54) is 16.2 Å². The van der Waals surface area contributed by atoms with E-state index < -0.39 is 0 Å². The molecule has 5 nitrogen and oxygen atoms in total. The fourth-order valence-corrected chi connectivity index (χ4v) is 3.47. The molecule has 0 fully saturated rings. The van der Waals surface area contributed by atoms with Crippen LogP contribution in [0.25, 0.3) is 0 Å². The highest BCUT2D eigenvalue weighted by atomic mass is 32.1. The number of nitrogens with zero attached hydrogens (tertiary/aromatic N) is 1. The summed E-state index contributed by atoms with van der Waals surface area (Å²) in [7, 11) is 0. The van der Waals surface area contributed by atoms with Crippen molar-refractivity contribution in [1.29, 1.82) is 0 Å². The summed E-state index contributed by atoms with van der Waals surface area (Å²) in [6.45, 7) is 0.503. The number of thiazole rings is 1. The van der Waals surface area contributed by atoms with Crippen molar-refractivity contribution in [2.24, 2.45) is 5.73 Å². The van der Waals surface area contributed by atoms with E-state index in [0.717, 1.165) is 30.5 Å². The Morgan fingerprint density at radius 3 is 3.00 bits per heavy atom. The van der Waals surface area contributed by atoms with Gasteiger partial charge in [0.15, 0.2) is 5.13 Å². The first-order valence-electron chi connectivity index (χ1n) is 7.03. The molecule has 0 saturated heterocycles. The number of aromatic nitrogens is 1. The van der Waals surface area contributed by atoms with Crippen molar-refractivity contribution in [1.82, 2.24) is 10.3 Å². The molecule has 0 unspecified atom stereocenters. The predicted molar refractivity (Wildman–Crippen MR) is 84.4 cm³/mol. The van der Waals surface area contributed by atoms with Gasteiger partial charge in [0.1, 0.15) is 0 Å². The molecule has 110 valence electrons. The highest BCUT2D eigenvalue weighted by Gasteiger charge is 2.20. The Kier molecular flexibility index (Phi) is 4.17. The lowest BCUT2D eigenvalue weighted by Crippen LogP contribution is -2.28. The SMILES string of the molecule is N[C@H]1CCc2nc(NC(=O)NCc3ccccc3)sc2C1. The predicted octanol–water partition coefficient (Wildman–Crippen LogP) is 2.28. The first-order chi connectivity index (χ1) is 10.2. The number of hydrogen-bond acceptors (Lipinski definition) is 4. The number of amides is 2. The molecule has 21 heavy (non-hydrogen) atoms. The number of carbonyl (C=O) groups is 1. The van der Waals surface area contributed by atoms with Crippen LogP contribution in [0.5, 0.6) is 0 Å². The Labute approximate surface area is 127 Å². The van der Waals surface area contributed by atoms with Gasteiger partial charge in [0.05, 0.1) is 5.69 Å². The van der Waals surface area contributed by atoms with E-state index in [0.29, 0.717) is 11.7 Å². The fourth-order valence-electron chi connectivity index (χ4n) is 2.37. The van der Waals surface area contributed by atoms with Crippen LogP contribution >= 0.6 is 11.3 Å². The molecule has 1 aliphatic rings. The Bertz CT molecular complexity index is 626. The molecule has 1 aliphatic carbocycles. The molecule has 1 atom stereocenters. The molecule has 3 rings (SSSR count). The summed E-state index contributed by atoms with van der Waals surface area (Å²) in [5.41, 5.74) is 8.10. The third-order valence-electron chi connectivity index (χ3n) is 3.49.